The average Bonchev–Trinajstić information content (AvgIpc) is 2.47. The molecule has 0 saturated carbocycles. The minimum absolute atomic E-state index is 0.116. The molecule has 0 saturated heterocycles. The van der Waals surface area contributed by atoms with Gasteiger partial charge >= 0.3 is 0 Å². The van der Waals surface area contributed by atoms with Crippen molar-refractivity contribution in [3.05, 3.63) is 59.4 Å². The van der Waals surface area contributed by atoms with Crippen molar-refractivity contribution < 1.29 is 19.0 Å². The third-order valence-electron chi connectivity index (χ3n) is 2.92. The van der Waals surface area contributed by atoms with Gasteiger partial charge in [-0.1, -0.05) is 18.2 Å². The van der Waals surface area contributed by atoms with E-state index in [-0.39, 0.29) is 5.75 Å². The first-order valence-electron chi connectivity index (χ1n) is 5.81. The van der Waals surface area contributed by atoms with Gasteiger partial charge in [-0.3, -0.25) is 0 Å². The molecule has 0 bridgehead atoms. The average molecular weight is 262 g/mol. The Morgan fingerprint density at radius 3 is 2.16 bits per heavy atom. The minimum atomic E-state index is -0.833. The van der Waals surface area contributed by atoms with Gasteiger partial charge in [0.15, 0.2) is 11.6 Å². The predicted molar refractivity (Wildman–Crippen MR) is 70.0 cm³/mol. The van der Waals surface area contributed by atoms with E-state index in [9.17, 15) is 9.50 Å². The lowest BCUT2D eigenvalue weighted by atomic mass is 10.0. The lowest BCUT2D eigenvalue weighted by Crippen LogP contribution is -2.01. The summed E-state index contributed by atoms with van der Waals surface area (Å²) < 4.78 is 23.3. The molecule has 0 heterocycles. The fraction of sp³-hybridized carbons (Fsp3) is 0.200. The van der Waals surface area contributed by atoms with Crippen LogP contribution in [-0.4, -0.2) is 19.3 Å². The fourth-order valence-corrected chi connectivity index (χ4v) is 1.83. The zero-order valence-corrected chi connectivity index (χ0v) is 10.8. The van der Waals surface area contributed by atoms with Crippen LogP contribution in [0.1, 0.15) is 17.2 Å². The van der Waals surface area contributed by atoms with E-state index < -0.39 is 11.9 Å². The van der Waals surface area contributed by atoms with E-state index in [4.69, 9.17) is 9.47 Å². The molecule has 1 N–H and O–H groups in total. The maximum Gasteiger partial charge on any atom is 0.165 e. The number of hydrogen-bond donors (Lipinski definition) is 1. The molecular formula is C15H15FO3. The van der Waals surface area contributed by atoms with E-state index in [1.165, 1.54) is 25.3 Å². The molecule has 0 aliphatic rings. The van der Waals surface area contributed by atoms with E-state index in [0.717, 1.165) is 0 Å². The van der Waals surface area contributed by atoms with Gasteiger partial charge in [0, 0.05) is 0 Å². The maximum absolute atomic E-state index is 13.3. The van der Waals surface area contributed by atoms with Gasteiger partial charge in [-0.2, -0.15) is 0 Å². The zero-order valence-electron chi connectivity index (χ0n) is 10.8. The van der Waals surface area contributed by atoms with Crippen molar-refractivity contribution in [2.45, 2.75) is 6.10 Å². The lowest BCUT2D eigenvalue weighted by Gasteiger charge is -2.13. The van der Waals surface area contributed by atoms with Crippen molar-refractivity contribution in [3.63, 3.8) is 0 Å². The first-order valence-corrected chi connectivity index (χ1v) is 5.81. The number of aliphatic hydroxyl groups excluding tert-OH is 1. The molecule has 1 atom stereocenters. The summed E-state index contributed by atoms with van der Waals surface area (Å²) in [5.74, 6) is 0.380. The summed E-state index contributed by atoms with van der Waals surface area (Å²) in [7, 11) is 2.97. The van der Waals surface area contributed by atoms with Crippen LogP contribution in [0.25, 0.3) is 0 Å². The second-order valence-electron chi connectivity index (χ2n) is 4.07. The molecule has 2 aromatic carbocycles. The van der Waals surface area contributed by atoms with Crippen molar-refractivity contribution >= 4 is 0 Å². The third kappa shape index (κ3) is 2.85. The lowest BCUT2D eigenvalue weighted by molar-refractivity contribution is 0.219. The highest BCUT2D eigenvalue weighted by Crippen LogP contribution is 2.27. The molecule has 100 valence electrons. The molecule has 19 heavy (non-hydrogen) atoms. The highest BCUT2D eigenvalue weighted by Gasteiger charge is 2.13. The molecule has 4 heteroatoms. The molecule has 0 aliphatic carbocycles. The van der Waals surface area contributed by atoms with Gasteiger partial charge in [-0.15, -0.1) is 0 Å². The molecule has 2 aromatic rings. The Hall–Kier alpha value is -2.07. The Morgan fingerprint density at radius 2 is 1.58 bits per heavy atom. The second-order valence-corrected chi connectivity index (χ2v) is 4.07. The molecule has 2 rings (SSSR count). The smallest absolute Gasteiger partial charge is 0.165 e. The number of benzene rings is 2. The van der Waals surface area contributed by atoms with Crippen molar-refractivity contribution in [2.24, 2.45) is 0 Å². The Labute approximate surface area is 111 Å². The Morgan fingerprint density at radius 1 is 0.947 bits per heavy atom. The highest BCUT2D eigenvalue weighted by molar-refractivity contribution is 5.38. The Balaban J connectivity index is 2.29. The highest BCUT2D eigenvalue weighted by atomic mass is 19.1. The number of rotatable bonds is 4. The molecule has 3 nitrogen and oxygen atoms in total. The summed E-state index contributed by atoms with van der Waals surface area (Å²) >= 11 is 0. The number of methoxy groups -OCH3 is 2. The fourth-order valence-electron chi connectivity index (χ4n) is 1.83. The molecule has 0 aromatic heterocycles. The van der Waals surface area contributed by atoms with Crippen molar-refractivity contribution in [1.29, 1.82) is 0 Å². The summed E-state index contributed by atoms with van der Waals surface area (Å²) in [6.07, 6.45) is -0.833. The van der Waals surface area contributed by atoms with Crippen molar-refractivity contribution in [1.82, 2.24) is 0 Å². The predicted octanol–water partition coefficient (Wildman–Crippen LogP) is 2.92. The van der Waals surface area contributed by atoms with Gasteiger partial charge in [0.2, 0.25) is 0 Å². The molecule has 0 radical (unpaired) electrons. The van der Waals surface area contributed by atoms with E-state index >= 15 is 0 Å². The summed E-state index contributed by atoms with van der Waals surface area (Å²) in [4.78, 5) is 0. The van der Waals surface area contributed by atoms with Crippen LogP contribution in [-0.2, 0) is 0 Å². The van der Waals surface area contributed by atoms with Crippen LogP contribution in [0.3, 0.4) is 0 Å². The van der Waals surface area contributed by atoms with Gasteiger partial charge in [0.25, 0.3) is 0 Å². The quantitative estimate of drug-likeness (QED) is 0.920. The first-order chi connectivity index (χ1) is 9.15. The van der Waals surface area contributed by atoms with Gasteiger partial charge in [0.05, 0.1) is 14.2 Å². The molecule has 0 spiro atoms. The van der Waals surface area contributed by atoms with E-state index in [0.29, 0.717) is 16.9 Å². The van der Waals surface area contributed by atoms with Gasteiger partial charge in [-0.05, 0) is 35.4 Å². The van der Waals surface area contributed by atoms with Crippen LogP contribution < -0.4 is 9.47 Å². The second kappa shape index (κ2) is 5.71. The minimum Gasteiger partial charge on any atom is -0.497 e. The molecule has 0 fully saturated rings. The van der Waals surface area contributed by atoms with Gasteiger partial charge in [-0.25, -0.2) is 4.39 Å². The van der Waals surface area contributed by atoms with E-state index in [2.05, 4.69) is 0 Å². The van der Waals surface area contributed by atoms with E-state index in [1.807, 2.05) is 0 Å². The normalized spacial score (nSPS) is 12.0. The SMILES string of the molecule is COc1ccc(C(O)c2ccc(F)c(OC)c2)cc1. The topological polar surface area (TPSA) is 38.7 Å². The van der Waals surface area contributed by atoms with Crippen LogP contribution in [0.15, 0.2) is 42.5 Å². The number of hydrogen-bond acceptors (Lipinski definition) is 3. The number of aliphatic hydroxyl groups is 1. The molecule has 0 amide bonds. The summed E-state index contributed by atoms with van der Waals surface area (Å²) in [6, 6.07) is 11.4. The van der Waals surface area contributed by atoms with Gasteiger partial charge < -0.3 is 14.6 Å². The van der Waals surface area contributed by atoms with Gasteiger partial charge in [0.1, 0.15) is 11.9 Å². The summed E-state index contributed by atoms with van der Waals surface area (Å²) in [5, 5.41) is 10.2. The standard InChI is InChI=1S/C15H15FO3/c1-18-12-6-3-10(4-7-12)15(17)11-5-8-13(16)14(9-11)19-2/h3-9,15,17H,1-2H3. The number of ether oxygens (including phenoxy) is 2. The molecular weight excluding hydrogens is 247 g/mol. The first kappa shape index (κ1) is 13.4. The van der Waals surface area contributed by atoms with Crippen LogP contribution in [0.4, 0.5) is 4.39 Å². The van der Waals surface area contributed by atoms with Crippen LogP contribution in [0, 0.1) is 5.82 Å². The monoisotopic (exact) mass is 262 g/mol. The maximum atomic E-state index is 13.3. The van der Waals surface area contributed by atoms with E-state index in [1.54, 1.807) is 31.4 Å². The van der Waals surface area contributed by atoms with Crippen LogP contribution in [0.5, 0.6) is 11.5 Å². The number of halogens is 1. The van der Waals surface area contributed by atoms with Crippen molar-refractivity contribution in [3.8, 4) is 11.5 Å². The Bertz CT molecular complexity index is 552. The van der Waals surface area contributed by atoms with Crippen molar-refractivity contribution in [2.75, 3.05) is 14.2 Å². The van der Waals surface area contributed by atoms with Crippen LogP contribution >= 0.6 is 0 Å². The largest absolute Gasteiger partial charge is 0.497 e. The third-order valence-corrected chi connectivity index (χ3v) is 2.92. The molecule has 0 aliphatic heterocycles. The Kier molecular flexibility index (Phi) is 4.02. The van der Waals surface area contributed by atoms with Crippen LogP contribution in [0.2, 0.25) is 0 Å². The summed E-state index contributed by atoms with van der Waals surface area (Å²) in [5.41, 5.74) is 1.28. The summed E-state index contributed by atoms with van der Waals surface area (Å²) in [6.45, 7) is 0. The zero-order chi connectivity index (χ0) is 13.8. The molecule has 1 unspecified atom stereocenters.